The molecule has 2 aromatic rings. The van der Waals surface area contributed by atoms with Crippen molar-refractivity contribution in [2.45, 2.75) is 20.3 Å². The standard InChI is InChI=1S/C14H15N3O3S/c1-3-10-6-4-5-7-11(10)15-12(18)8-20-14(19)13-9(2)16-17-21-13/h4-7H,3,8H2,1-2H3,(H,15,18). The first kappa shape index (κ1) is 15.1. The fourth-order valence-corrected chi connectivity index (χ4v) is 2.30. The molecule has 1 aromatic carbocycles. The molecule has 0 radical (unpaired) electrons. The summed E-state index contributed by atoms with van der Waals surface area (Å²) in [6.45, 7) is 3.33. The zero-order chi connectivity index (χ0) is 15.2. The average molecular weight is 305 g/mol. The minimum atomic E-state index is -0.582. The molecular weight excluding hydrogens is 290 g/mol. The maximum atomic E-state index is 11.8. The summed E-state index contributed by atoms with van der Waals surface area (Å²) in [5.74, 6) is -0.958. The smallest absolute Gasteiger partial charge is 0.352 e. The summed E-state index contributed by atoms with van der Waals surface area (Å²) in [6.07, 6.45) is 0.808. The molecule has 1 amide bonds. The van der Waals surface area contributed by atoms with Gasteiger partial charge in [0.15, 0.2) is 11.5 Å². The number of benzene rings is 1. The second-order valence-electron chi connectivity index (χ2n) is 4.32. The van der Waals surface area contributed by atoms with Crippen LogP contribution in [0.4, 0.5) is 5.69 Å². The molecule has 1 heterocycles. The average Bonchev–Trinajstić information content (AvgIpc) is 2.91. The predicted octanol–water partition coefficient (Wildman–Crippen LogP) is 2.20. The third-order valence-electron chi connectivity index (χ3n) is 2.84. The number of nitrogens with zero attached hydrogens (tertiary/aromatic N) is 2. The predicted molar refractivity (Wildman–Crippen MR) is 79.4 cm³/mol. The molecule has 0 atom stereocenters. The topological polar surface area (TPSA) is 81.2 Å². The van der Waals surface area contributed by atoms with Gasteiger partial charge in [0, 0.05) is 5.69 Å². The fourth-order valence-electron chi connectivity index (χ4n) is 1.75. The molecule has 0 unspecified atom stereocenters. The molecule has 1 aromatic heterocycles. The Hall–Kier alpha value is -2.28. The maximum absolute atomic E-state index is 11.8. The second kappa shape index (κ2) is 6.94. The third kappa shape index (κ3) is 3.85. The third-order valence-corrected chi connectivity index (χ3v) is 3.65. The van der Waals surface area contributed by atoms with Crippen molar-refractivity contribution in [3.05, 3.63) is 40.4 Å². The zero-order valence-electron chi connectivity index (χ0n) is 11.8. The number of nitrogens with one attached hydrogen (secondary N) is 1. The van der Waals surface area contributed by atoms with Crippen molar-refractivity contribution in [2.24, 2.45) is 0 Å². The molecule has 110 valence electrons. The van der Waals surface area contributed by atoms with E-state index in [0.29, 0.717) is 10.6 Å². The van der Waals surface area contributed by atoms with Gasteiger partial charge in [0.25, 0.3) is 5.91 Å². The summed E-state index contributed by atoms with van der Waals surface area (Å²) >= 11 is 0.952. The minimum absolute atomic E-state index is 0.316. The monoisotopic (exact) mass is 305 g/mol. The molecule has 2 rings (SSSR count). The van der Waals surface area contributed by atoms with Gasteiger partial charge in [-0.05, 0) is 36.5 Å². The van der Waals surface area contributed by atoms with Gasteiger partial charge in [-0.3, -0.25) is 4.79 Å². The van der Waals surface area contributed by atoms with Crippen LogP contribution in [-0.2, 0) is 16.0 Å². The van der Waals surface area contributed by atoms with Crippen LogP contribution in [0.25, 0.3) is 0 Å². The van der Waals surface area contributed by atoms with Gasteiger partial charge in [0.2, 0.25) is 0 Å². The van der Waals surface area contributed by atoms with Gasteiger partial charge in [-0.25, -0.2) is 4.79 Å². The summed E-state index contributed by atoms with van der Waals surface area (Å²) in [5.41, 5.74) is 2.26. The van der Waals surface area contributed by atoms with E-state index in [-0.39, 0.29) is 12.5 Å². The molecular formula is C14H15N3O3S. The Kier molecular flexibility index (Phi) is 4.99. The van der Waals surface area contributed by atoms with Crippen LogP contribution in [0.3, 0.4) is 0 Å². The first-order valence-corrected chi connectivity index (χ1v) is 7.23. The number of anilines is 1. The molecule has 0 aliphatic rings. The highest BCUT2D eigenvalue weighted by molar-refractivity contribution is 7.07. The molecule has 0 fully saturated rings. The van der Waals surface area contributed by atoms with Crippen LogP contribution in [0.15, 0.2) is 24.3 Å². The van der Waals surface area contributed by atoms with Crippen molar-refractivity contribution < 1.29 is 14.3 Å². The van der Waals surface area contributed by atoms with Crippen LogP contribution in [-0.4, -0.2) is 28.1 Å². The number of ether oxygens (including phenoxy) is 1. The van der Waals surface area contributed by atoms with Crippen LogP contribution in [0.5, 0.6) is 0 Å². The van der Waals surface area contributed by atoms with Crippen molar-refractivity contribution in [1.29, 1.82) is 0 Å². The Labute approximate surface area is 126 Å². The van der Waals surface area contributed by atoms with Crippen LogP contribution in [0.2, 0.25) is 0 Å². The van der Waals surface area contributed by atoms with Gasteiger partial charge < -0.3 is 10.1 Å². The van der Waals surface area contributed by atoms with E-state index in [1.807, 2.05) is 31.2 Å². The molecule has 6 nitrogen and oxygen atoms in total. The first-order valence-electron chi connectivity index (χ1n) is 6.45. The number of aromatic nitrogens is 2. The quantitative estimate of drug-likeness (QED) is 0.856. The van der Waals surface area contributed by atoms with E-state index < -0.39 is 5.97 Å². The van der Waals surface area contributed by atoms with Crippen molar-refractivity contribution in [3.8, 4) is 0 Å². The minimum Gasteiger partial charge on any atom is -0.451 e. The van der Waals surface area contributed by atoms with E-state index in [2.05, 4.69) is 14.9 Å². The van der Waals surface area contributed by atoms with E-state index in [1.54, 1.807) is 6.92 Å². The number of para-hydroxylation sites is 1. The summed E-state index contributed by atoms with van der Waals surface area (Å²) in [4.78, 5) is 23.9. The van der Waals surface area contributed by atoms with Crippen molar-refractivity contribution in [3.63, 3.8) is 0 Å². The lowest BCUT2D eigenvalue weighted by Gasteiger charge is -2.09. The lowest BCUT2D eigenvalue weighted by molar-refractivity contribution is -0.119. The SMILES string of the molecule is CCc1ccccc1NC(=O)COC(=O)c1snnc1C. The molecule has 1 N–H and O–H groups in total. The summed E-state index contributed by atoms with van der Waals surface area (Å²) in [7, 11) is 0. The highest BCUT2D eigenvalue weighted by Crippen LogP contribution is 2.15. The van der Waals surface area contributed by atoms with Gasteiger partial charge in [0.1, 0.15) is 0 Å². The summed E-state index contributed by atoms with van der Waals surface area (Å²) in [5, 5.41) is 6.46. The van der Waals surface area contributed by atoms with Gasteiger partial charge >= 0.3 is 5.97 Å². The number of hydrogen-bond acceptors (Lipinski definition) is 6. The Morgan fingerprint density at radius 1 is 1.33 bits per heavy atom. The number of aryl methyl sites for hydroxylation is 2. The largest absolute Gasteiger partial charge is 0.451 e. The number of carbonyl (C=O) groups excluding carboxylic acids is 2. The van der Waals surface area contributed by atoms with E-state index in [4.69, 9.17) is 4.74 Å². The summed E-state index contributed by atoms with van der Waals surface area (Å²) in [6, 6.07) is 7.50. The number of rotatable bonds is 5. The lowest BCUT2D eigenvalue weighted by Crippen LogP contribution is -2.21. The van der Waals surface area contributed by atoms with Crippen molar-refractivity contribution in [2.75, 3.05) is 11.9 Å². The Morgan fingerprint density at radius 3 is 2.76 bits per heavy atom. The lowest BCUT2D eigenvalue weighted by atomic mass is 10.1. The molecule has 7 heteroatoms. The fraction of sp³-hybridized carbons (Fsp3) is 0.286. The van der Waals surface area contributed by atoms with Crippen LogP contribution in [0.1, 0.15) is 27.9 Å². The normalized spacial score (nSPS) is 10.2. The van der Waals surface area contributed by atoms with Crippen LogP contribution in [0, 0.1) is 6.92 Å². The Morgan fingerprint density at radius 2 is 2.10 bits per heavy atom. The molecule has 0 aliphatic heterocycles. The second-order valence-corrected chi connectivity index (χ2v) is 5.08. The van der Waals surface area contributed by atoms with Crippen LogP contribution >= 0.6 is 11.5 Å². The van der Waals surface area contributed by atoms with Crippen molar-refractivity contribution >= 4 is 29.1 Å². The van der Waals surface area contributed by atoms with E-state index in [1.165, 1.54) is 0 Å². The van der Waals surface area contributed by atoms with Gasteiger partial charge in [-0.15, -0.1) is 5.10 Å². The Bertz CT molecular complexity index is 654. The molecule has 0 saturated carbocycles. The Balaban J connectivity index is 1.91. The molecule has 0 spiro atoms. The number of hydrogen-bond donors (Lipinski definition) is 1. The first-order chi connectivity index (χ1) is 10.1. The highest BCUT2D eigenvalue weighted by atomic mass is 32.1. The highest BCUT2D eigenvalue weighted by Gasteiger charge is 2.16. The van der Waals surface area contributed by atoms with E-state index >= 15 is 0 Å². The number of amides is 1. The molecule has 0 aliphatic carbocycles. The summed E-state index contributed by atoms with van der Waals surface area (Å²) < 4.78 is 8.60. The van der Waals surface area contributed by atoms with E-state index in [9.17, 15) is 9.59 Å². The van der Waals surface area contributed by atoms with Gasteiger partial charge in [-0.2, -0.15) is 0 Å². The molecule has 0 bridgehead atoms. The zero-order valence-corrected chi connectivity index (χ0v) is 12.6. The number of esters is 1. The molecule has 0 saturated heterocycles. The maximum Gasteiger partial charge on any atom is 0.352 e. The van der Waals surface area contributed by atoms with Gasteiger partial charge in [-0.1, -0.05) is 29.6 Å². The van der Waals surface area contributed by atoms with E-state index in [0.717, 1.165) is 29.2 Å². The number of carbonyl (C=O) groups is 2. The van der Waals surface area contributed by atoms with Crippen LogP contribution < -0.4 is 5.32 Å². The van der Waals surface area contributed by atoms with Gasteiger partial charge in [0.05, 0.1) is 5.69 Å². The molecule has 21 heavy (non-hydrogen) atoms. The van der Waals surface area contributed by atoms with Crippen molar-refractivity contribution in [1.82, 2.24) is 9.59 Å².